The number of carbonyl (C=O) groups excluding carboxylic acids is 1. The van der Waals surface area contributed by atoms with E-state index in [4.69, 9.17) is 10.5 Å². The van der Waals surface area contributed by atoms with Gasteiger partial charge in [0.25, 0.3) is 5.91 Å². The van der Waals surface area contributed by atoms with Crippen molar-refractivity contribution in [1.29, 1.82) is 0 Å². The van der Waals surface area contributed by atoms with Gasteiger partial charge in [0, 0.05) is 26.2 Å². The van der Waals surface area contributed by atoms with E-state index in [0.29, 0.717) is 12.6 Å². The standard InChI is InChI=1S/C15H29N3O2/c1-17-9-4-3-5-12(17)8-10-18(2)15(19)14-7-6-13(11-16)20-14/h12-14H,3-11,16H2,1-2H3/t12?,13-,14+/m1/s1. The SMILES string of the molecule is CN(CCC1CCCCN1C)C(=O)[C@@H]1CC[C@H](CN)O1. The lowest BCUT2D eigenvalue weighted by atomic mass is 10.00. The van der Waals surface area contributed by atoms with E-state index in [2.05, 4.69) is 11.9 Å². The number of piperidine rings is 1. The molecular formula is C15H29N3O2. The molecule has 116 valence electrons. The van der Waals surface area contributed by atoms with Crippen molar-refractivity contribution >= 4 is 5.91 Å². The molecule has 0 radical (unpaired) electrons. The largest absolute Gasteiger partial charge is 0.364 e. The Bertz CT molecular complexity index is 324. The Labute approximate surface area is 122 Å². The summed E-state index contributed by atoms with van der Waals surface area (Å²) in [5, 5.41) is 0. The van der Waals surface area contributed by atoms with Crippen LogP contribution in [0.25, 0.3) is 0 Å². The number of hydrogen-bond acceptors (Lipinski definition) is 4. The molecular weight excluding hydrogens is 254 g/mol. The Hall–Kier alpha value is -0.650. The molecule has 3 atom stereocenters. The average molecular weight is 283 g/mol. The van der Waals surface area contributed by atoms with E-state index in [-0.39, 0.29) is 18.1 Å². The summed E-state index contributed by atoms with van der Waals surface area (Å²) in [4.78, 5) is 16.6. The molecule has 5 heteroatoms. The molecule has 2 aliphatic rings. The van der Waals surface area contributed by atoms with Gasteiger partial charge in [0.1, 0.15) is 6.10 Å². The van der Waals surface area contributed by atoms with Crippen molar-refractivity contribution in [2.24, 2.45) is 5.73 Å². The van der Waals surface area contributed by atoms with Crippen molar-refractivity contribution in [2.75, 3.05) is 33.7 Å². The summed E-state index contributed by atoms with van der Waals surface area (Å²) in [5.74, 6) is 0.124. The molecule has 2 N–H and O–H groups in total. The smallest absolute Gasteiger partial charge is 0.251 e. The Morgan fingerprint density at radius 1 is 1.35 bits per heavy atom. The number of nitrogens with two attached hydrogens (primary N) is 1. The van der Waals surface area contributed by atoms with Crippen molar-refractivity contribution in [3.63, 3.8) is 0 Å². The summed E-state index contributed by atoms with van der Waals surface area (Å²) in [7, 11) is 4.09. The molecule has 0 bridgehead atoms. The lowest BCUT2D eigenvalue weighted by molar-refractivity contribution is -0.141. The van der Waals surface area contributed by atoms with Crippen LogP contribution in [0.4, 0.5) is 0 Å². The number of carbonyl (C=O) groups is 1. The van der Waals surface area contributed by atoms with Crippen LogP contribution in [0.2, 0.25) is 0 Å². The van der Waals surface area contributed by atoms with E-state index in [0.717, 1.165) is 25.8 Å². The molecule has 2 rings (SSSR count). The fourth-order valence-electron chi connectivity index (χ4n) is 3.27. The molecule has 0 saturated carbocycles. The molecule has 5 nitrogen and oxygen atoms in total. The highest BCUT2D eigenvalue weighted by Crippen LogP contribution is 2.21. The third-order valence-electron chi connectivity index (χ3n) is 4.74. The van der Waals surface area contributed by atoms with Crippen LogP contribution in [-0.4, -0.2) is 67.7 Å². The van der Waals surface area contributed by atoms with Crippen molar-refractivity contribution in [1.82, 2.24) is 9.80 Å². The first-order valence-corrected chi connectivity index (χ1v) is 7.92. The third-order valence-corrected chi connectivity index (χ3v) is 4.74. The quantitative estimate of drug-likeness (QED) is 0.812. The molecule has 2 saturated heterocycles. The fraction of sp³-hybridized carbons (Fsp3) is 0.933. The first-order chi connectivity index (χ1) is 9.61. The minimum absolute atomic E-state index is 0.0711. The lowest BCUT2D eigenvalue weighted by Gasteiger charge is -2.33. The molecule has 2 aliphatic heterocycles. The highest BCUT2D eigenvalue weighted by Gasteiger charge is 2.32. The van der Waals surface area contributed by atoms with Crippen molar-refractivity contribution < 1.29 is 9.53 Å². The second-order valence-electron chi connectivity index (χ2n) is 6.24. The Morgan fingerprint density at radius 3 is 2.80 bits per heavy atom. The number of amides is 1. The van der Waals surface area contributed by atoms with Crippen LogP contribution < -0.4 is 5.73 Å². The molecule has 2 heterocycles. The predicted octanol–water partition coefficient (Wildman–Crippen LogP) is 0.826. The fourth-order valence-corrected chi connectivity index (χ4v) is 3.27. The molecule has 0 aromatic rings. The van der Waals surface area contributed by atoms with Crippen LogP contribution in [0.3, 0.4) is 0 Å². The van der Waals surface area contributed by atoms with Gasteiger partial charge in [-0.25, -0.2) is 0 Å². The molecule has 0 aliphatic carbocycles. The molecule has 0 aromatic heterocycles. The van der Waals surface area contributed by atoms with Gasteiger partial charge < -0.3 is 20.3 Å². The van der Waals surface area contributed by atoms with E-state index in [1.165, 1.54) is 25.8 Å². The zero-order valence-electron chi connectivity index (χ0n) is 12.9. The van der Waals surface area contributed by atoms with Gasteiger partial charge in [-0.3, -0.25) is 4.79 Å². The second-order valence-corrected chi connectivity index (χ2v) is 6.24. The summed E-state index contributed by atoms with van der Waals surface area (Å²) in [6.45, 7) is 2.52. The molecule has 20 heavy (non-hydrogen) atoms. The maximum absolute atomic E-state index is 12.3. The van der Waals surface area contributed by atoms with Gasteiger partial charge in [0.2, 0.25) is 0 Å². The van der Waals surface area contributed by atoms with Crippen molar-refractivity contribution in [3.05, 3.63) is 0 Å². The van der Waals surface area contributed by atoms with Crippen LogP contribution in [0.1, 0.15) is 38.5 Å². The topological polar surface area (TPSA) is 58.8 Å². The van der Waals surface area contributed by atoms with Crippen molar-refractivity contribution in [3.8, 4) is 0 Å². The summed E-state index contributed by atoms with van der Waals surface area (Å²) >= 11 is 0. The average Bonchev–Trinajstić information content (AvgIpc) is 2.94. The van der Waals surface area contributed by atoms with E-state index < -0.39 is 0 Å². The third kappa shape index (κ3) is 3.93. The Balaban J connectivity index is 1.74. The lowest BCUT2D eigenvalue weighted by Crippen LogP contribution is -2.42. The highest BCUT2D eigenvalue weighted by molar-refractivity contribution is 5.80. The second kappa shape index (κ2) is 7.38. The number of likely N-dealkylation sites (tertiary alicyclic amines) is 1. The summed E-state index contributed by atoms with van der Waals surface area (Å²) < 4.78 is 5.68. The zero-order chi connectivity index (χ0) is 14.5. The van der Waals surface area contributed by atoms with E-state index in [1.54, 1.807) is 0 Å². The minimum atomic E-state index is -0.266. The summed E-state index contributed by atoms with van der Waals surface area (Å²) in [6, 6.07) is 0.625. The monoisotopic (exact) mass is 283 g/mol. The van der Waals surface area contributed by atoms with Crippen LogP contribution in [-0.2, 0) is 9.53 Å². The van der Waals surface area contributed by atoms with Crippen LogP contribution in [0, 0.1) is 0 Å². The number of likely N-dealkylation sites (N-methyl/N-ethyl adjacent to an activating group) is 1. The minimum Gasteiger partial charge on any atom is -0.364 e. The van der Waals surface area contributed by atoms with Gasteiger partial charge in [-0.2, -0.15) is 0 Å². The zero-order valence-corrected chi connectivity index (χ0v) is 12.9. The van der Waals surface area contributed by atoms with Crippen LogP contribution >= 0.6 is 0 Å². The maximum atomic E-state index is 12.3. The Morgan fingerprint density at radius 2 is 2.15 bits per heavy atom. The van der Waals surface area contributed by atoms with Gasteiger partial charge in [-0.1, -0.05) is 6.42 Å². The highest BCUT2D eigenvalue weighted by atomic mass is 16.5. The predicted molar refractivity (Wildman–Crippen MR) is 79.5 cm³/mol. The van der Waals surface area contributed by atoms with E-state index in [1.807, 2.05) is 11.9 Å². The van der Waals surface area contributed by atoms with Gasteiger partial charge in [-0.15, -0.1) is 0 Å². The van der Waals surface area contributed by atoms with Gasteiger partial charge in [-0.05, 0) is 45.7 Å². The Kier molecular flexibility index (Phi) is 5.81. The summed E-state index contributed by atoms with van der Waals surface area (Å²) in [5.41, 5.74) is 5.59. The van der Waals surface area contributed by atoms with Crippen LogP contribution in [0.5, 0.6) is 0 Å². The van der Waals surface area contributed by atoms with Gasteiger partial charge in [0.15, 0.2) is 0 Å². The number of hydrogen-bond donors (Lipinski definition) is 1. The molecule has 0 aromatic carbocycles. The molecule has 2 fully saturated rings. The molecule has 1 unspecified atom stereocenters. The number of ether oxygens (including phenoxy) is 1. The maximum Gasteiger partial charge on any atom is 0.251 e. The van der Waals surface area contributed by atoms with Crippen molar-refractivity contribution in [2.45, 2.75) is 56.8 Å². The van der Waals surface area contributed by atoms with Crippen LogP contribution in [0.15, 0.2) is 0 Å². The molecule has 0 spiro atoms. The normalized spacial score (nSPS) is 31.4. The summed E-state index contributed by atoms with van der Waals surface area (Å²) in [6.07, 6.45) is 6.47. The number of rotatable bonds is 5. The van der Waals surface area contributed by atoms with Gasteiger partial charge >= 0.3 is 0 Å². The van der Waals surface area contributed by atoms with E-state index >= 15 is 0 Å². The number of nitrogens with zero attached hydrogens (tertiary/aromatic N) is 2. The van der Waals surface area contributed by atoms with Gasteiger partial charge in [0.05, 0.1) is 6.10 Å². The first-order valence-electron chi connectivity index (χ1n) is 7.92. The molecule has 1 amide bonds. The van der Waals surface area contributed by atoms with E-state index in [9.17, 15) is 4.79 Å². The first kappa shape index (κ1) is 15.7.